The maximum Gasteiger partial charge on any atom is 0.315 e. The van der Waals surface area contributed by atoms with Gasteiger partial charge in [-0.25, -0.2) is 0 Å². The molecule has 10 rings (SSSR count). The first-order chi connectivity index (χ1) is 33.5. The van der Waals surface area contributed by atoms with Crippen LogP contribution in [0.5, 0.6) is 0 Å². The van der Waals surface area contributed by atoms with E-state index >= 15 is 4.79 Å². The average Bonchev–Trinajstić information content (AvgIpc) is 3.29. The molecular formula is C60H90O13. The summed E-state index contributed by atoms with van der Waals surface area (Å²) < 4.78 is 6.58. The highest BCUT2D eigenvalue weighted by Crippen LogP contribution is 2.79. The molecule has 23 atom stereocenters. The predicted octanol–water partition coefficient (Wildman–Crippen LogP) is 8.96. The molecule has 0 aromatic rings. The Balaban J connectivity index is 0.971. The van der Waals surface area contributed by atoms with Crippen LogP contribution in [0.15, 0.2) is 23.3 Å². The van der Waals surface area contributed by atoms with Crippen molar-refractivity contribution in [2.45, 2.75) is 222 Å². The smallest absolute Gasteiger partial charge is 0.315 e. The van der Waals surface area contributed by atoms with Gasteiger partial charge in [-0.15, -0.1) is 0 Å². The summed E-state index contributed by atoms with van der Waals surface area (Å²) >= 11 is 0. The number of allylic oxidation sites excluding steroid dienone is 2. The van der Waals surface area contributed by atoms with Crippen LogP contribution in [0.2, 0.25) is 0 Å². The lowest BCUT2D eigenvalue weighted by molar-refractivity contribution is -0.266. The van der Waals surface area contributed by atoms with Gasteiger partial charge in [0, 0.05) is 11.8 Å². The summed E-state index contributed by atoms with van der Waals surface area (Å²) in [7, 11) is 0. The van der Waals surface area contributed by atoms with Crippen LogP contribution in [-0.2, 0) is 23.9 Å². The Morgan fingerprint density at radius 3 is 1.55 bits per heavy atom. The van der Waals surface area contributed by atoms with Gasteiger partial charge in [-0.3, -0.25) is 19.2 Å². The average molecular weight is 1020 g/mol. The first kappa shape index (κ1) is 53.6. The summed E-state index contributed by atoms with van der Waals surface area (Å²) in [6.07, 6.45) is 5.69. The van der Waals surface area contributed by atoms with Gasteiger partial charge in [-0.1, -0.05) is 85.6 Å². The van der Waals surface area contributed by atoms with Crippen molar-refractivity contribution in [3.05, 3.63) is 23.3 Å². The Labute approximate surface area is 433 Å². The number of carboxylic acid groups (broad SMARTS) is 3. The van der Waals surface area contributed by atoms with Crippen molar-refractivity contribution in [2.24, 2.45) is 101 Å². The van der Waals surface area contributed by atoms with Crippen LogP contribution in [-0.4, -0.2) is 101 Å². The first-order valence-electron chi connectivity index (χ1n) is 28.3. The SMILES string of the molecule is C[C@@H]1CC[C@]2(C(=O)O)CC[C@]3(C)C(=CC[C@@H]4[C@@]5(C)C[C@@H](O)[C@@H](OC(=O)[C@@]6(C)C7CC[C@]8(C)[C@H](CC=C9C%10[C@H](O)C(C)(C)CC[C@]%10(C(=O)O)CC[C@]98C)[C@@]7(C)C[C@@H](O)[C@@H]6O)[C@](C)(C(=O)O)C5CC[C@]43C)C2[C@]1(C)O. The molecule has 0 aromatic carbocycles. The number of rotatable bonds is 5. The molecule has 13 heteroatoms. The predicted molar refractivity (Wildman–Crippen MR) is 271 cm³/mol. The molecule has 8 N–H and O–H groups in total. The van der Waals surface area contributed by atoms with E-state index < -0.39 is 143 Å². The lowest BCUT2D eigenvalue weighted by atomic mass is 9.32. The quantitative estimate of drug-likeness (QED) is 0.0949. The number of carbonyl (C=O) groups is 4. The highest BCUT2D eigenvalue weighted by atomic mass is 16.6. The minimum atomic E-state index is -1.76. The van der Waals surface area contributed by atoms with Gasteiger partial charge in [0.15, 0.2) is 0 Å². The van der Waals surface area contributed by atoms with E-state index in [2.05, 4.69) is 53.7 Å². The van der Waals surface area contributed by atoms with Crippen molar-refractivity contribution >= 4 is 23.9 Å². The van der Waals surface area contributed by atoms with Gasteiger partial charge < -0.3 is 45.6 Å². The first-order valence-corrected chi connectivity index (χ1v) is 28.3. The molecule has 408 valence electrons. The molecule has 0 amide bonds. The van der Waals surface area contributed by atoms with Gasteiger partial charge in [0.25, 0.3) is 0 Å². The van der Waals surface area contributed by atoms with Crippen molar-refractivity contribution in [3.8, 4) is 0 Å². The largest absolute Gasteiger partial charge is 0.481 e. The highest BCUT2D eigenvalue weighted by molar-refractivity contribution is 5.81. The number of hydrogen-bond acceptors (Lipinski definition) is 10. The summed E-state index contributed by atoms with van der Waals surface area (Å²) in [5.74, 6) is -6.27. The molecule has 0 saturated heterocycles. The maximum absolute atomic E-state index is 15.5. The minimum absolute atomic E-state index is 0.107. The van der Waals surface area contributed by atoms with E-state index in [1.54, 1.807) is 13.8 Å². The lowest BCUT2D eigenvalue weighted by Crippen LogP contribution is -2.71. The van der Waals surface area contributed by atoms with E-state index in [1.807, 2.05) is 27.7 Å². The van der Waals surface area contributed by atoms with Gasteiger partial charge in [0.1, 0.15) is 11.5 Å². The molecule has 0 radical (unpaired) electrons. The van der Waals surface area contributed by atoms with Gasteiger partial charge in [-0.2, -0.15) is 0 Å². The molecule has 0 spiro atoms. The number of carboxylic acids is 3. The van der Waals surface area contributed by atoms with E-state index in [1.165, 1.54) is 0 Å². The van der Waals surface area contributed by atoms with E-state index in [-0.39, 0.29) is 30.6 Å². The summed E-state index contributed by atoms with van der Waals surface area (Å²) in [5.41, 5.74) is -8.70. The number of fused-ring (bicyclic) bond motifs is 14. The van der Waals surface area contributed by atoms with Crippen molar-refractivity contribution in [1.29, 1.82) is 0 Å². The molecule has 10 aliphatic carbocycles. The molecule has 8 fully saturated rings. The Morgan fingerprint density at radius 2 is 1.01 bits per heavy atom. The normalized spacial score (nSPS) is 56.7. The van der Waals surface area contributed by atoms with Gasteiger partial charge in [0.2, 0.25) is 0 Å². The fourth-order valence-electron chi connectivity index (χ4n) is 22.0. The molecule has 0 heterocycles. The van der Waals surface area contributed by atoms with Crippen LogP contribution in [0, 0.1) is 101 Å². The zero-order chi connectivity index (χ0) is 53.8. The van der Waals surface area contributed by atoms with Gasteiger partial charge >= 0.3 is 23.9 Å². The van der Waals surface area contributed by atoms with Crippen LogP contribution in [0.25, 0.3) is 0 Å². The molecule has 73 heavy (non-hydrogen) atoms. The van der Waals surface area contributed by atoms with E-state index in [4.69, 9.17) is 4.74 Å². The molecule has 8 saturated carbocycles. The fourth-order valence-corrected chi connectivity index (χ4v) is 22.0. The zero-order valence-electron chi connectivity index (χ0n) is 46.0. The van der Waals surface area contributed by atoms with Crippen LogP contribution >= 0.6 is 0 Å². The Kier molecular flexibility index (Phi) is 11.7. The molecule has 4 unspecified atom stereocenters. The van der Waals surface area contributed by atoms with Gasteiger partial charge in [-0.05, 0) is 191 Å². The summed E-state index contributed by atoms with van der Waals surface area (Å²) in [6.45, 7) is 24.3. The standard InChI is InChI=1S/C60H90O13/c1-31-17-22-60(47(69)70)28-25-53(7)33(41(60)58(31,12)72)14-16-37-51(5)30-35(62)44(57(11,45(65)66)39(51)19-21-55(37,53)9)73-48(71)56(10)38-18-20-54(8)36(50(38,4)29-34(61)42(56)63)15-13-32-40-43(64)49(2,3)23-26-59(40,46(67)68)27-24-52(32,54)6/h13-14,31,34-44,61-64,72H,15-30H2,1-12H3,(H,65,66)(H,67,68)(H,69,70)/t31-,34-,35-,36-,37-,38?,39?,40?,41?,42+,43+,44-,50-,51-,52-,53-,54-,55-,56+,57-,58-,59+,60+/m1/s1. The second kappa shape index (κ2) is 15.9. The van der Waals surface area contributed by atoms with Crippen LogP contribution in [0.1, 0.15) is 186 Å². The summed E-state index contributed by atoms with van der Waals surface area (Å²) in [4.78, 5) is 56.3. The summed E-state index contributed by atoms with van der Waals surface area (Å²) in [5, 5.41) is 94.6. The number of aliphatic carboxylic acids is 3. The molecule has 13 nitrogen and oxygen atoms in total. The van der Waals surface area contributed by atoms with Crippen LogP contribution < -0.4 is 0 Å². The molecule has 0 aliphatic heterocycles. The number of carbonyl (C=O) groups excluding carboxylic acids is 1. The molecule has 0 aromatic heterocycles. The van der Waals surface area contributed by atoms with Crippen molar-refractivity contribution in [3.63, 3.8) is 0 Å². The topological polar surface area (TPSA) is 239 Å². The third kappa shape index (κ3) is 6.21. The molecule has 0 bridgehead atoms. The van der Waals surface area contributed by atoms with Crippen molar-refractivity contribution < 1.29 is 64.8 Å². The van der Waals surface area contributed by atoms with E-state index in [9.17, 15) is 55.2 Å². The number of hydrogen-bond donors (Lipinski definition) is 8. The van der Waals surface area contributed by atoms with Crippen molar-refractivity contribution in [1.82, 2.24) is 0 Å². The Hall–Kier alpha value is -2.84. The number of esters is 1. The number of ether oxygens (including phenoxy) is 1. The number of aliphatic hydroxyl groups excluding tert-OH is 4. The van der Waals surface area contributed by atoms with Gasteiger partial charge in [0.05, 0.1) is 46.3 Å². The molecule has 10 aliphatic rings. The van der Waals surface area contributed by atoms with E-state index in [0.717, 1.165) is 11.1 Å². The molecular weight excluding hydrogens is 929 g/mol. The van der Waals surface area contributed by atoms with E-state index in [0.29, 0.717) is 89.9 Å². The third-order valence-corrected chi connectivity index (χ3v) is 27.1. The zero-order valence-corrected chi connectivity index (χ0v) is 46.0. The van der Waals surface area contributed by atoms with Crippen molar-refractivity contribution in [2.75, 3.05) is 0 Å². The fraction of sp³-hybridized carbons (Fsp3) is 0.867. The second-order valence-corrected chi connectivity index (χ2v) is 29.7. The Morgan fingerprint density at radius 1 is 0.534 bits per heavy atom. The highest BCUT2D eigenvalue weighted by Gasteiger charge is 2.77. The number of aliphatic hydroxyl groups is 5. The van der Waals surface area contributed by atoms with Crippen LogP contribution in [0.3, 0.4) is 0 Å². The second-order valence-electron chi connectivity index (χ2n) is 29.7. The monoisotopic (exact) mass is 1020 g/mol. The third-order valence-electron chi connectivity index (χ3n) is 27.1. The lowest BCUT2D eigenvalue weighted by Gasteiger charge is -2.72. The Bertz CT molecular complexity index is 2440. The maximum atomic E-state index is 15.5. The van der Waals surface area contributed by atoms with Crippen LogP contribution in [0.4, 0.5) is 0 Å². The summed E-state index contributed by atoms with van der Waals surface area (Å²) in [6, 6.07) is 0. The minimum Gasteiger partial charge on any atom is -0.481 e.